The van der Waals surface area contributed by atoms with Gasteiger partial charge in [-0.25, -0.2) is 8.78 Å². The molecular weight excluding hydrogens is 238 g/mol. The average Bonchev–Trinajstić information content (AvgIpc) is 2.37. The summed E-state index contributed by atoms with van der Waals surface area (Å²) in [5.74, 6) is 0. The van der Waals surface area contributed by atoms with Crippen LogP contribution in [0.2, 0.25) is 0 Å². The van der Waals surface area contributed by atoms with Crippen LogP contribution in [-0.2, 0) is 0 Å². The van der Waals surface area contributed by atoms with Gasteiger partial charge in [0, 0.05) is 17.6 Å². The number of hydrogen-bond donors (Lipinski definition) is 2. The number of halogens is 2. The van der Waals surface area contributed by atoms with Crippen molar-refractivity contribution in [3.05, 3.63) is 46.4 Å². The van der Waals surface area contributed by atoms with Crippen LogP contribution in [0, 0.1) is 0 Å². The molecule has 0 bridgehead atoms. The summed E-state index contributed by atoms with van der Waals surface area (Å²) in [7, 11) is 0. The van der Waals surface area contributed by atoms with Gasteiger partial charge in [0.15, 0.2) is 0 Å². The first kappa shape index (κ1) is 12.7. The zero-order chi connectivity index (χ0) is 13.1. The van der Waals surface area contributed by atoms with Crippen LogP contribution in [0.3, 0.4) is 0 Å². The van der Waals surface area contributed by atoms with Crippen LogP contribution in [-0.4, -0.2) is 18.0 Å². The van der Waals surface area contributed by atoms with Crippen molar-refractivity contribution in [3.8, 4) is 0 Å². The molecule has 0 amide bonds. The SMILES string of the molecule is C[C@@H](NCC(F)F)c1c[nH]c(=O)c2ccccc12. The molecule has 0 saturated heterocycles. The molecule has 0 spiro atoms. The van der Waals surface area contributed by atoms with Crippen molar-refractivity contribution in [1.29, 1.82) is 0 Å². The Kier molecular flexibility index (Phi) is 3.72. The lowest BCUT2D eigenvalue weighted by Gasteiger charge is -2.15. The number of H-pyrrole nitrogens is 1. The smallest absolute Gasteiger partial charge is 0.255 e. The molecule has 0 aliphatic rings. The maximum atomic E-state index is 12.2. The normalized spacial score (nSPS) is 13.1. The minimum absolute atomic E-state index is 0.171. The predicted octanol–water partition coefficient (Wildman–Crippen LogP) is 2.44. The molecule has 0 radical (unpaired) electrons. The third kappa shape index (κ3) is 2.56. The number of aromatic amines is 1. The molecule has 3 nitrogen and oxygen atoms in total. The molecule has 5 heteroatoms. The van der Waals surface area contributed by atoms with Crippen LogP contribution >= 0.6 is 0 Å². The number of rotatable bonds is 4. The van der Waals surface area contributed by atoms with Gasteiger partial charge < -0.3 is 10.3 Å². The quantitative estimate of drug-likeness (QED) is 0.877. The molecule has 0 saturated carbocycles. The van der Waals surface area contributed by atoms with Gasteiger partial charge in [0.1, 0.15) is 0 Å². The Labute approximate surface area is 103 Å². The number of benzene rings is 1. The lowest BCUT2D eigenvalue weighted by atomic mass is 10.0. The molecule has 1 aromatic heterocycles. The molecule has 2 N–H and O–H groups in total. The van der Waals surface area contributed by atoms with E-state index in [-0.39, 0.29) is 18.1 Å². The van der Waals surface area contributed by atoms with Gasteiger partial charge in [0.05, 0.1) is 6.54 Å². The molecule has 1 heterocycles. The van der Waals surface area contributed by atoms with Crippen LogP contribution < -0.4 is 10.9 Å². The molecule has 2 rings (SSSR count). The summed E-state index contributed by atoms with van der Waals surface area (Å²) >= 11 is 0. The Morgan fingerprint density at radius 3 is 2.61 bits per heavy atom. The van der Waals surface area contributed by atoms with Crippen molar-refractivity contribution in [2.24, 2.45) is 0 Å². The Balaban J connectivity index is 2.39. The number of nitrogens with one attached hydrogen (secondary N) is 2. The maximum Gasteiger partial charge on any atom is 0.255 e. The van der Waals surface area contributed by atoms with Crippen LogP contribution in [0.15, 0.2) is 35.3 Å². The average molecular weight is 252 g/mol. The number of fused-ring (bicyclic) bond motifs is 1. The summed E-state index contributed by atoms with van der Waals surface area (Å²) in [5.41, 5.74) is 0.640. The van der Waals surface area contributed by atoms with Gasteiger partial charge in [-0.15, -0.1) is 0 Å². The minimum Gasteiger partial charge on any atom is -0.328 e. The summed E-state index contributed by atoms with van der Waals surface area (Å²) in [4.78, 5) is 14.3. The van der Waals surface area contributed by atoms with E-state index in [2.05, 4.69) is 10.3 Å². The Morgan fingerprint density at radius 2 is 1.94 bits per heavy atom. The minimum atomic E-state index is -2.39. The van der Waals surface area contributed by atoms with Gasteiger partial charge in [-0.2, -0.15) is 0 Å². The van der Waals surface area contributed by atoms with Crippen molar-refractivity contribution in [3.63, 3.8) is 0 Å². The van der Waals surface area contributed by atoms with Crippen molar-refractivity contribution >= 4 is 10.8 Å². The molecule has 96 valence electrons. The summed E-state index contributed by atoms with van der Waals surface area (Å²) in [6.07, 6.45) is -0.810. The van der Waals surface area contributed by atoms with E-state index in [1.165, 1.54) is 0 Å². The van der Waals surface area contributed by atoms with Crippen LogP contribution in [0.25, 0.3) is 10.8 Å². The van der Waals surface area contributed by atoms with Crippen molar-refractivity contribution < 1.29 is 8.78 Å². The third-order valence-electron chi connectivity index (χ3n) is 2.89. The standard InChI is InChI=1S/C13H14F2N2O/c1-8(16-7-12(14)15)11-6-17-13(18)10-5-3-2-4-9(10)11/h2-6,8,12,16H,7H2,1H3,(H,17,18)/t8-/m1/s1. The topological polar surface area (TPSA) is 44.9 Å². The summed E-state index contributed by atoms with van der Waals surface area (Å²) < 4.78 is 24.3. The first-order chi connectivity index (χ1) is 8.59. The van der Waals surface area contributed by atoms with Gasteiger partial charge in [-0.1, -0.05) is 18.2 Å². The van der Waals surface area contributed by atoms with E-state index in [4.69, 9.17) is 0 Å². The van der Waals surface area contributed by atoms with E-state index in [0.717, 1.165) is 10.9 Å². The van der Waals surface area contributed by atoms with E-state index in [1.54, 1.807) is 25.3 Å². The van der Waals surface area contributed by atoms with Gasteiger partial charge >= 0.3 is 0 Å². The highest BCUT2D eigenvalue weighted by Crippen LogP contribution is 2.20. The zero-order valence-electron chi connectivity index (χ0n) is 9.91. The van der Waals surface area contributed by atoms with Crippen LogP contribution in [0.4, 0.5) is 8.78 Å². The fraction of sp³-hybridized carbons (Fsp3) is 0.308. The lowest BCUT2D eigenvalue weighted by molar-refractivity contribution is 0.142. The van der Waals surface area contributed by atoms with Gasteiger partial charge in [0.25, 0.3) is 12.0 Å². The molecule has 0 unspecified atom stereocenters. The van der Waals surface area contributed by atoms with E-state index in [9.17, 15) is 13.6 Å². The molecule has 1 atom stereocenters. The highest BCUT2D eigenvalue weighted by molar-refractivity contribution is 5.84. The van der Waals surface area contributed by atoms with E-state index < -0.39 is 6.43 Å². The second-order valence-corrected chi connectivity index (χ2v) is 4.14. The molecule has 0 aliphatic carbocycles. The number of hydrogen-bond acceptors (Lipinski definition) is 2. The highest BCUT2D eigenvalue weighted by atomic mass is 19.3. The largest absolute Gasteiger partial charge is 0.328 e. The molecule has 0 aliphatic heterocycles. The van der Waals surface area contributed by atoms with Crippen LogP contribution in [0.1, 0.15) is 18.5 Å². The third-order valence-corrected chi connectivity index (χ3v) is 2.89. The van der Waals surface area contributed by atoms with Crippen molar-refractivity contribution in [2.45, 2.75) is 19.4 Å². The zero-order valence-corrected chi connectivity index (χ0v) is 9.91. The first-order valence-corrected chi connectivity index (χ1v) is 5.71. The second-order valence-electron chi connectivity index (χ2n) is 4.14. The second kappa shape index (κ2) is 5.27. The Morgan fingerprint density at radius 1 is 1.28 bits per heavy atom. The summed E-state index contributed by atoms with van der Waals surface area (Å²) in [5, 5.41) is 4.10. The number of aromatic nitrogens is 1. The van der Waals surface area contributed by atoms with Gasteiger partial charge in [-0.3, -0.25) is 4.79 Å². The summed E-state index contributed by atoms with van der Waals surface area (Å²) in [6.45, 7) is 1.43. The van der Waals surface area contributed by atoms with E-state index in [1.807, 2.05) is 12.1 Å². The molecule has 0 fully saturated rings. The maximum absolute atomic E-state index is 12.2. The number of alkyl halides is 2. The van der Waals surface area contributed by atoms with Gasteiger partial charge in [-0.05, 0) is 23.9 Å². The van der Waals surface area contributed by atoms with E-state index in [0.29, 0.717) is 5.39 Å². The van der Waals surface area contributed by atoms with Crippen LogP contribution in [0.5, 0.6) is 0 Å². The molecule has 2 aromatic rings. The Hall–Kier alpha value is -1.75. The molecule has 18 heavy (non-hydrogen) atoms. The van der Waals surface area contributed by atoms with Crippen molar-refractivity contribution in [2.75, 3.05) is 6.54 Å². The van der Waals surface area contributed by atoms with E-state index >= 15 is 0 Å². The number of pyridine rings is 1. The fourth-order valence-electron chi connectivity index (χ4n) is 1.97. The summed E-state index contributed by atoms with van der Waals surface area (Å²) in [6, 6.07) is 6.89. The highest BCUT2D eigenvalue weighted by Gasteiger charge is 2.12. The van der Waals surface area contributed by atoms with Crippen molar-refractivity contribution in [1.82, 2.24) is 10.3 Å². The molecule has 1 aromatic carbocycles. The Bertz CT molecular complexity index is 595. The first-order valence-electron chi connectivity index (χ1n) is 5.71. The monoisotopic (exact) mass is 252 g/mol. The predicted molar refractivity (Wildman–Crippen MR) is 67.0 cm³/mol. The lowest BCUT2D eigenvalue weighted by Crippen LogP contribution is -2.25. The molecular formula is C13H14F2N2O. The fourth-order valence-corrected chi connectivity index (χ4v) is 1.97. The van der Waals surface area contributed by atoms with Gasteiger partial charge in [0.2, 0.25) is 0 Å².